The van der Waals surface area contributed by atoms with E-state index in [-0.39, 0.29) is 18.1 Å². The molecule has 1 aromatic heterocycles. The number of rotatable bonds is 3. The first kappa shape index (κ1) is 12.0. The molecule has 4 heteroatoms. The molecule has 1 aromatic rings. The number of ether oxygens (including phenoxy) is 1. The van der Waals surface area contributed by atoms with Crippen LogP contribution in [0, 0.1) is 5.92 Å². The van der Waals surface area contributed by atoms with E-state index < -0.39 is 0 Å². The molecule has 3 nitrogen and oxygen atoms in total. The predicted molar refractivity (Wildman–Crippen MR) is 65.2 cm³/mol. The first-order chi connectivity index (χ1) is 7.66. The molecule has 1 saturated heterocycles. The summed E-state index contributed by atoms with van der Waals surface area (Å²) in [7, 11) is 0. The molecular weight excluding hydrogens is 270 g/mol. The lowest BCUT2D eigenvalue weighted by Gasteiger charge is -2.20. The van der Waals surface area contributed by atoms with E-state index in [1.54, 1.807) is 6.20 Å². The molecule has 1 fully saturated rings. The molecule has 3 atom stereocenters. The number of hydrogen-bond donors (Lipinski definition) is 1. The molecular formula is C12H16BrNO2. The summed E-state index contributed by atoms with van der Waals surface area (Å²) in [5.74, 6) is 0.241. The molecule has 0 aliphatic carbocycles. The van der Waals surface area contributed by atoms with Crippen LogP contribution in [0.3, 0.4) is 0 Å². The first-order valence-electron chi connectivity index (χ1n) is 5.57. The van der Waals surface area contributed by atoms with Crippen LogP contribution >= 0.6 is 15.9 Å². The summed E-state index contributed by atoms with van der Waals surface area (Å²) in [6.45, 7) is 2.78. The summed E-state index contributed by atoms with van der Waals surface area (Å²) in [5, 5.41) is 10.1. The molecule has 0 bridgehead atoms. The fourth-order valence-corrected chi connectivity index (χ4v) is 2.38. The van der Waals surface area contributed by atoms with Gasteiger partial charge in [0.2, 0.25) is 0 Å². The van der Waals surface area contributed by atoms with Gasteiger partial charge in [0.05, 0.1) is 12.2 Å². The van der Waals surface area contributed by atoms with Gasteiger partial charge in [0.15, 0.2) is 0 Å². The average molecular weight is 286 g/mol. The van der Waals surface area contributed by atoms with E-state index in [2.05, 4.69) is 20.9 Å². The van der Waals surface area contributed by atoms with E-state index in [1.807, 2.05) is 19.1 Å². The van der Waals surface area contributed by atoms with Crippen LogP contribution in [0.15, 0.2) is 22.8 Å². The minimum absolute atomic E-state index is 0.158. The van der Waals surface area contributed by atoms with Crippen LogP contribution in [0.4, 0.5) is 0 Å². The van der Waals surface area contributed by atoms with Crippen molar-refractivity contribution in [3.63, 3.8) is 0 Å². The number of aliphatic hydroxyl groups excluding tert-OH is 1. The molecule has 16 heavy (non-hydrogen) atoms. The van der Waals surface area contributed by atoms with Crippen LogP contribution < -0.4 is 0 Å². The summed E-state index contributed by atoms with van der Waals surface area (Å²) >= 11 is 3.34. The Morgan fingerprint density at radius 3 is 3.00 bits per heavy atom. The summed E-state index contributed by atoms with van der Waals surface area (Å²) in [6, 6.07) is 3.89. The van der Waals surface area contributed by atoms with Crippen LogP contribution in [-0.2, 0) is 11.2 Å². The standard InChI is InChI=1S/C12H16BrNO2/c1-8-11(4-5-16-8)12(15)6-10-3-2-9(13)7-14-10/h2-3,7-8,11-12,15H,4-6H2,1H3. The van der Waals surface area contributed by atoms with E-state index in [0.717, 1.165) is 23.2 Å². The molecule has 0 aromatic carbocycles. The molecule has 3 unspecified atom stereocenters. The molecule has 0 radical (unpaired) electrons. The molecule has 0 saturated carbocycles. The molecule has 88 valence electrons. The average Bonchev–Trinajstić information content (AvgIpc) is 2.68. The molecule has 1 aliphatic heterocycles. The maximum Gasteiger partial charge on any atom is 0.0649 e. The summed E-state index contributed by atoms with van der Waals surface area (Å²) in [5.41, 5.74) is 0.926. The number of hydrogen-bond acceptors (Lipinski definition) is 3. The molecule has 0 amide bonds. The van der Waals surface area contributed by atoms with Crippen molar-refractivity contribution >= 4 is 15.9 Å². The van der Waals surface area contributed by atoms with E-state index in [4.69, 9.17) is 4.74 Å². The second-order valence-electron chi connectivity index (χ2n) is 4.27. The number of aromatic nitrogens is 1. The van der Waals surface area contributed by atoms with Crippen molar-refractivity contribution in [3.05, 3.63) is 28.5 Å². The maximum atomic E-state index is 10.1. The lowest BCUT2D eigenvalue weighted by Crippen LogP contribution is -2.28. The summed E-state index contributed by atoms with van der Waals surface area (Å²) in [4.78, 5) is 4.27. The molecule has 1 aliphatic rings. The fraction of sp³-hybridized carbons (Fsp3) is 0.583. The largest absolute Gasteiger partial charge is 0.392 e. The Morgan fingerprint density at radius 2 is 2.44 bits per heavy atom. The monoisotopic (exact) mass is 285 g/mol. The smallest absolute Gasteiger partial charge is 0.0649 e. The molecule has 2 heterocycles. The van der Waals surface area contributed by atoms with Crippen molar-refractivity contribution in [3.8, 4) is 0 Å². The predicted octanol–water partition coefficient (Wildman–Crippen LogP) is 2.17. The van der Waals surface area contributed by atoms with Gasteiger partial charge < -0.3 is 9.84 Å². The van der Waals surface area contributed by atoms with E-state index in [9.17, 15) is 5.11 Å². The van der Waals surface area contributed by atoms with Gasteiger partial charge in [-0.1, -0.05) is 0 Å². The highest BCUT2D eigenvalue weighted by atomic mass is 79.9. The van der Waals surface area contributed by atoms with Crippen molar-refractivity contribution in [1.82, 2.24) is 4.98 Å². The van der Waals surface area contributed by atoms with Gasteiger partial charge in [-0.2, -0.15) is 0 Å². The third-order valence-corrected chi connectivity index (χ3v) is 3.61. The van der Waals surface area contributed by atoms with Gasteiger partial charge in [-0.15, -0.1) is 0 Å². The van der Waals surface area contributed by atoms with E-state index in [1.165, 1.54) is 0 Å². The van der Waals surface area contributed by atoms with Gasteiger partial charge in [0, 0.05) is 35.3 Å². The Hall–Kier alpha value is -0.450. The van der Waals surface area contributed by atoms with Crippen molar-refractivity contribution in [2.24, 2.45) is 5.92 Å². The number of halogens is 1. The highest BCUT2D eigenvalue weighted by Crippen LogP contribution is 2.25. The van der Waals surface area contributed by atoms with Crippen molar-refractivity contribution < 1.29 is 9.84 Å². The van der Waals surface area contributed by atoms with Crippen LogP contribution in [0.1, 0.15) is 19.0 Å². The summed E-state index contributed by atoms with van der Waals surface area (Å²) < 4.78 is 6.42. The Balaban J connectivity index is 1.96. The number of aliphatic hydroxyl groups is 1. The SMILES string of the molecule is CC1OCCC1C(O)Cc1ccc(Br)cn1. The quantitative estimate of drug-likeness (QED) is 0.926. The maximum absolute atomic E-state index is 10.1. The molecule has 0 spiro atoms. The Bertz CT molecular complexity index is 341. The zero-order chi connectivity index (χ0) is 11.5. The minimum Gasteiger partial charge on any atom is -0.392 e. The highest BCUT2D eigenvalue weighted by Gasteiger charge is 2.30. The highest BCUT2D eigenvalue weighted by molar-refractivity contribution is 9.10. The Morgan fingerprint density at radius 1 is 1.62 bits per heavy atom. The zero-order valence-corrected chi connectivity index (χ0v) is 10.9. The first-order valence-corrected chi connectivity index (χ1v) is 6.36. The number of nitrogens with zero attached hydrogens (tertiary/aromatic N) is 1. The fourth-order valence-electron chi connectivity index (χ4n) is 2.15. The number of pyridine rings is 1. The van der Waals surface area contributed by atoms with Gasteiger partial charge in [0.1, 0.15) is 0 Å². The normalized spacial score (nSPS) is 26.9. The van der Waals surface area contributed by atoms with Gasteiger partial charge in [-0.3, -0.25) is 4.98 Å². The zero-order valence-electron chi connectivity index (χ0n) is 9.27. The van der Waals surface area contributed by atoms with Gasteiger partial charge in [-0.25, -0.2) is 0 Å². The van der Waals surface area contributed by atoms with Crippen LogP contribution in [0.5, 0.6) is 0 Å². The minimum atomic E-state index is -0.355. The Labute approximate surface area is 104 Å². The van der Waals surface area contributed by atoms with Gasteiger partial charge in [-0.05, 0) is 41.4 Å². The van der Waals surface area contributed by atoms with E-state index >= 15 is 0 Å². The lowest BCUT2D eigenvalue weighted by atomic mass is 9.93. The topological polar surface area (TPSA) is 42.4 Å². The molecule has 2 rings (SSSR count). The third-order valence-electron chi connectivity index (χ3n) is 3.14. The second-order valence-corrected chi connectivity index (χ2v) is 5.18. The summed E-state index contributed by atoms with van der Waals surface area (Å²) in [6.07, 6.45) is 3.11. The van der Waals surface area contributed by atoms with Crippen molar-refractivity contribution in [1.29, 1.82) is 0 Å². The molecule has 1 N–H and O–H groups in total. The van der Waals surface area contributed by atoms with Crippen LogP contribution in [0.2, 0.25) is 0 Å². The lowest BCUT2D eigenvalue weighted by molar-refractivity contribution is 0.0436. The second kappa shape index (κ2) is 5.25. The van der Waals surface area contributed by atoms with Crippen molar-refractivity contribution in [2.45, 2.75) is 32.0 Å². The van der Waals surface area contributed by atoms with Gasteiger partial charge in [0.25, 0.3) is 0 Å². The third kappa shape index (κ3) is 2.81. The Kier molecular flexibility index (Phi) is 3.95. The van der Waals surface area contributed by atoms with Crippen molar-refractivity contribution in [2.75, 3.05) is 6.61 Å². The van der Waals surface area contributed by atoms with E-state index in [0.29, 0.717) is 6.42 Å². The van der Waals surface area contributed by atoms with Gasteiger partial charge >= 0.3 is 0 Å². The van der Waals surface area contributed by atoms with Crippen LogP contribution in [0.25, 0.3) is 0 Å². The van der Waals surface area contributed by atoms with Crippen LogP contribution in [-0.4, -0.2) is 28.9 Å².